The van der Waals surface area contributed by atoms with Gasteiger partial charge in [-0.3, -0.25) is 9.88 Å². The molecule has 1 aromatic heterocycles. The standard InChI is InChI=1S/C24H26N2O3S/c1-29-24-13-12-21(30(27,28)22-10-7-14-25-17-22)16-20(24)18-26-15-6-5-11-23(26)19-8-3-2-4-9-19/h2-4,7-10,12-14,16-17,23H,5-6,11,15,18H2,1H3/t23-/m0/s1. The van der Waals surface area contributed by atoms with Gasteiger partial charge in [-0.25, -0.2) is 8.42 Å². The van der Waals surface area contributed by atoms with Crippen LogP contribution in [0.25, 0.3) is 0 Å². The van der Waals surface area contributed by atoms with Crippen LogP contribution in [0.5, 0.6) is 5.75 Å². The summed E-state index contributed by atoms with van der Waals surface area (Å²) in [5.74, 6) is 0.706. The number of ether oxygens (including phenoxy) is 1. The van der Waals surface area contributed by atoms with Crippen molar-refractivity contribution in [1.29, 1.82) is 0 Å². The summed E-state index contributed by atoms with van der Waals surface area (Å²) in [6, 6.07) is 19.2. The lowest BCUT2D eigenvalue weighted by Crippen LogP contribution is -2.33. The van der Waals surface area contributed by atoms with E-state index in [1.54, 1.807) is 43.6 Å². The van der Waals surface area contributed by atoms with Gasteiger partial charge in [-0.1, -0.05) is 36.8 Å². The maximum atomic E-state index is 13.1. The molecule has 3 aromatic rings. The number of aromatic nitrogens is 1. The summed E-state index contributed by atoms with van der Waals surface area (Å²) in [5, 5.41) is 0. The van der Waals surface area contributed by atoms with Crippen molar-refractivity contribution in [2.75, 3.05) is 13.7 Å². The zero-order chi connectivity index (χ0) is 21.0. The van der Waals surface area contributed by atoms with Gasteiger partial charge in [0, 0.05) is 30.5 Å². The van der Waals surface area contributed by atoms with Crippen molar-refractivity contribution in [2.45, 2.75) is 41.6 Å². The molecule has 1 fully saturated rings. The van der Waals surface area contributed by atoms with E-state index in [9.17, 15) is 8.42 Å². The lowest BCUT2D eigenvalue weighted by Gasteiger charge is -2.36. The van der Waals surface area contributed by atoms with Crippen LogP contribution in [0.1, 0.15) is 36.4 Å². The highest BCUT2D eigenvalue weighted by Crippen LogP contribution is 2.34. The first kappa shape index (κ1) is 20.6. The van der Waals surface area contributed by atoms with Gasteiger partial charge in [-0.2, -0.15) is 0 Å². The molecule has 156 valence electrons. The average Bonchev–Trinajstić information content (AvgIpc) is 2.80. The number of sulfone groups is 1. The fraction of sp³-hybridized carbons (Fsp3) is 0.292. The fourth-order valence-corrected chi connectivity index (χ4v) is 5.41. The fourth-order valence-electron chi connectivity index (χ4n) is 4.14. The van der Waals surface area contributed by atoms with Crippen LogP contribution in [-0.4, -0.2) is 32.0 Å². The van der Waals surface area contributed by atoms with Gasteiger partial charge in [0.1, 0.15) is 5.75 Å². The highest BCUT2D eigenvalue weighted by Gasteiger charge is 2.26. The Hall–Kier alpha value is -2.70. The van der Waals surface area contributed by atoms with Gasteiger partial charge >= 0.3 is 0 Å². The first-order valence-electron chi connectivity index (χ1n) is 10.2. The van der Waals surface area contributed by atoms with Crippen molar-refractivity contribution in [3.63, 3.8) is 0 Å². The molecular formula is C24H26N2O3S. The lowest BCUT2D eigenvalue weighted by molar-refractivity contribution is 0.139. The number of hydrogen-bond donors (Lipinski definition) is 0. The molecule has 1 aliphatic heterocycles. The summed E-state index contributed by atoms with van der Waals surface area (Å²) < 4.78 is 31.7. The summed E-state index contributed by atoms with van der Waals surface area (Å²) in [6.45, 7) is 1.61. The van der Waals surface area contributed by atoms with E-state index in [0.717, 1.165) is 24.9 Å². The number of methoxy groups -OCH3 is 1. The Morgan fingerprint density at radius 1 is 1.03 bits per heavy atom. The molecule has 6 heteroatoms. The van der Waals surface area contributed by atoms with Crippen LogP contribution in [-0.2, 0) is 16.4 Å². The molecule has 5 nitrogen and oxygen atoms in total. The van der Waals surface area contributed by atoms with Gasteiger partial charge in [0.05, 0.1) is 16.9 Å². The molecule has 1 aliphatic rings. The zero-order valence-electron chi connectivity index (χ0n) is 17.1. The quantitative estimate of drug-likeness (QED) is 0.579. The number of benzene rings is 2. The summed E-state index contributed by atoms with van der Waals surface area (Å²) >= 11 is 0. The smallest absolute Gasteiger partial charge is 0.208 e. The van der Waals surface area contributed by atoms with Crippen molar-refractivity contribution >= 4 is 9.84 Å². The second-order valence-corrected chi connectivity index (χ2v) is 9.51. The Labute approximate surface area is 178 Å². The molecule has 0 aliphatic carbocycles. The third kappa shape index (κ3) is 4.25. The predicted molar refractivity (Wildman–Crippen MR) is 116 cm³/mol. The second kappa shape index (κ2) is 8.98. The number of pyridine rings is 1. The Morgan fingerprint density at radius 3 is 2.60 bits per heavy atom. The van der Waals surface area contributed by atoms with Gasteiger partial charge in [-0.15, -0.1) is 0 Å². The van der Waals surface area contributed by atoms with Crippen LogP contribution in [0.3, 0.4) is 0 Å². The first-order chi connectivity index (χ1) is 14.6. The van der Waals surface area contributed by atoms with Gasteiger partial charge in [0.15, 0.2) is 0 Å². The topological polar surface area (TPSA) is 59.5 Å². The second-order valence-electron chi connectivity index (χ2n) is 7.56. The average molecular weight is 423 g/mol. The van der Waals surface area contributed by atoms with Crippen LogP contribution in [0.15, 0.2) is 82.8 Å². The minimum Gasteiger partial charge on any atom is -0.496 e. The summed E-state index contributed by atoms with van der Waals surface area (Å²) in [4.78, 5) is 6.84. The molecule has 1 saturated heterocycles. The summed E-state index contributed by atoms with van der Waals surface area (Å²) in [5.41, 5.74) is 2.18. The van der Waals surface area contributed by atoms with Crippen LogP contribution in [0.2, 0.25) is 0 Å². The molecule has 4 rings (SSSR count). The molecule has 0 saturated carbocycles. The van der Waals surface area contributed by atoms with Gasteiger partial charge in [0.25, 0.3) is 0 Å². The van der Waals surface area contributed by atoms with Gasteiger partial charge in [0.2, 0.25) is 9.84 Å². The van der Waals surface area contributed by atoms with Crippen molar-refractivity contribution in [2.24, 2.45) is 0 Å². The molecular weight excluding hydrogens is 396 g/mol. The van der Waals surface area contributed by atoms with Crippen molar-refractivity contribution in [3.05, 3.63) is 84.2 Å². The van der Waals surface area contributed by atoms with Crippen LogP contribution < -0.4 is 4.74 Å². The molecule has 0 amide bonds. The molecule has 2 heterocycles. The third-order valence-corrected chi connectivity index (χ3v) is 7.41. The Bertz CT molecular complexity index is 1090. The van der Waals surface area contributed by atoms with E-state index in [-0.39, 0.29) is 9.79 Å². The normalized spacial score (nSPS) is 17.6. The molecule has 30 heavy (non-hydrogen) atoms. The van der Waals surface area contributed by atoms with Crippen LogP contribution in [0.4, 0.5) is 0 Å². The SMILES string of the molecule is COc1ccc(S(=O)(=O)c2cccnc2)cc1CN1CCCC[C@H]1c1ccccc1. The Kier molecular flexibility index (Phi) is 6.16. The number of hydrogen-bond acceptors (Lipinski definition) is 5. The molecule has 2 aromatic carbocycles. The molecule has 0 bridgehead atoms. The van der Waals surface area contributed by atoms with E-state index in [1.807, 2.05) is 6.07 Å². The van der Waals surface area contributed by atoms with E-state index >= 15 is 0 Å². The largest absolute Gasteiger partial charge is 0.496 e. The molecule has 0 unspecified atom stereocenters. The maximum Gasteiger partial charge on any atom is 0.208 e. The van der Waals surface area contributed by atoms with Crippen molar-refractivity contribution in [1.82, 2.24) is 9.88 Å². The number of likely N-dealkylation sites (tertiary alicyclic amines) is 1. The molecule has 0 N–H and O–H groups in total. The summed E-state index contributed by atoms with van der Waals surface area (Å²) in [6.07, 6.45) is 6.38. The minimum atomic E-state index is -3.63. The van der Waals surface area contributed by atoms with Crippen LogP contribution >= 0.6 is 0 Å². The Morgan fingerprint density at radius 2 is 1.87 bits per heavy atom. The van der Waals surface area contributed by atoms with E-state index in [0.29, 0.717) is 18.3 Å². The monoisotopic (exact) mass is 422 g/mol. The van der Waals surface area contributed by atoms with Gasteiger partial charge < -0.3 is 4.74 Å². The predicted octanol–water partition coefficient (Wildman–Crippen LogP) is 4.65. The number of nitrogens with zero attached hydrogens (tertiary/aromatic N) is 2. The summed E-state index contributed by atoms with van der Waals surface area (Å²) in [7, 11) is -2.01. The molecule has 1 atom stereocenters. The van der Waals surface area contributed by atoms with Gasteiger partial charge in [-0.05, 0) is 55.3 Å². The number of piperidine rings is 1. The third-order valence-electron chi connectivity index (χ3n) is 5.68. The number of rotatable bonds is 6. The van der Waals surface area contributed by atoms with E-state index < -0.39 is 9.84 Å². The lowest BCUT2D eigenvalue weighted by atomic mass is 9.94. The highest BCUT2D eigenvalue weighted by molar-refractivity contribution is 7.91. The first-order valence-corrected chi connectivity index (χ1v) is 11.7. The van der Waals surface area contributed by atoms with E-state index in [1.165, 1.54) is 18.2 Å². The molecule has 0 spiro atoms. The maximum absolute atomic E-state index is 13.1. The van der Waals surface area contributed by atoms with Crippen molar-refractivity contribution < 1.29 is 13.2 Å². The van der Waals surface area contributed by atoms with Crippen molar-refractivity contribution in [3.8, 4) is 5.75 Å². The molecule has 0 radical (unpaired) electrons. The van der Waals surface area contributed by atoms with E-state index in [4.69, 9.17) is 4.74 Å². The highest BCUT2D eigenvalue weighted by atomic mass is 32.2. The van der Waals surface area contributed by atoms with Crippen LogP contribution in [0, 0.1) is 0 Å². The van der Waals surface area contributed by atoms with E-state index in [2.05, 4.69) is 34.1 Å². The zero-order valence-corrected chi connectivity index (χ0v) is 17.9. The Balaban J connectivity index is 1.67. The minimum absolute atomic E-state index is 0.196.